The van der Waals surface area contributed by atoms with Gasteiger partial charge in [-0.2, -0.15) is 0 Å². The van der Waals surface area contributed by atoms with E-state index in [1.807, 2.05) is 12.1 Å². The zero-order valence-corrected chi connectivity index (χ0v) is 13.5. The predicted octanol–water partition coefficient (Wildman–Crippen LogP) is 1.69. The third-order valence-electron chi connectivity index (χ3n) is 3.94. The Labute approximate surface area is 136 Å². The van der Waals surface area contributed by atoms with E-state index in [1.54, 1.807) is 13.2 Å². The van der Waals surface area contributed by atoms with E-state index in [2.05, 4.69) is 15.2 Å². The summed E-state index contributed by atoms with van der Waals surface area (Å²) in [6.07, 6.45) is 5.36. The summed E-state index contributed by atoms with van der Waals surface area (Å²) in [7, 11) is 1.59. The van der Waals surface area contributed by atoms with Crippen molar-refractivity contribution in [1.82, 2.24) is 15.2 Å². The molecule has 126 valence electrons. The number of nitrogens with zero attached hydrogens (tertiary/aromatic N) is 3. The van der Waals surface area contributed by atoms with Gasteiger partial charge in [-0.25, -0.2) is 9.78 Å². The molecule has 1 fully saturated rings. The van der Waals surface area contributed by atoms with Gasteiger partial charge in [0, 0.05) is 39.4 Å². The second kappa shape index (κ2) is 8.36. The zero-order chi connectivity index (χ0) is 16.7. The van der Waals surface area contributed by atoms with Crippen molar-refractivity contribution in [3.63, 3.8) is 0 Å². The molecule has 1 saturated heterocycles. The highest BCUT2D eigenvalue weighted by molar-refractivity contribution is 5.75. The molecule has 0 spiro atoms. The fraction of sp³-hybridized carbons (Fsp3) is 0.562. The van der Waals surface area contributed by atoms with Crippen LogP contribution in [0.5, 0.6) is 0 Å². The Bertz CT molecular complexity index is 544. The van der Waals surface area contributed by atoms with Crippen LogP contribution in [0.25, 0.3) is 0 Å². The molecule has 2 amide bonds. The molecule has 2 heterocycles. The topological polar surface area (TPSA) is 85.8 Å². The Balaban J connectivity index is 1.85. The van der Waals surface area contributed by atoms with Crippen LogP contribution in [0.15, 0.2) is 18.3 Å². The Hall–Kier alpha value is -2.31. The summed E-state index contributed by atoms with van der Waals surface area (Å²) in [6, 6.07) is 3.61. The van der Waals surface area contributed by atoms with Gasteiger partial charge >= 0.3 is 12.0 Å². The standard InChI is InChI=1S/C16H24N4O3/c1-19(10-6-15(21)22)16(23)18-12-13-5-7-17-14(11-13)20-8-3-2-4-9-20/h5,7,11H,2-4,6,8-10,12H2,1H3,(H,18,23)(H,21,22). The predicted molar refractivity (Wildman–Crippen MR) is 87.4 cm³/mol. The summed E-state index contributed by atoms with van der Waals surface area (Å²) >= 11 is 0. The van der Waals surface area contributed by atoms with Crippen LogP contribution in [-0.4, -0.2) is 53.7 Å². The van der Waals surface area contributed by atoms with Crippen LogP contribution in [0.4, 0.5) is 10.6 Å². The van der Waals surface area contributed by atoms with Crippen LogP contribution >= 0.6 is 0 Å². The Morgan fingerprint density at radius 2 is 2.09 bits per heavy atom. The van der Waals surface area contributed by atoms with Gasteiger partial charge in [-0.05, 0) is 37.0 Å². The molecule has 7 heteroatoms. The van der Waals surface area contributed by atoms with Crippen molar-refractivity contribution in [2.24, 2.45) is 0 Å². The molecule has 0 atom stereocenters. The highest BCUT2D eigenvalue weighted by Gasteiger charge is 2.13. The molecule has 1 aromatic rings. The average Bonchev–Trinajstić information content (AvgIpc) is 2.58. The molecule has 0 saturated carbocycles. The number of urea groups is 1. The van der Waals surface area contributed by atoms with E-state index in [0.29, 0.717) is 6.54 Å². The molecule has 0 aliphatic carbocycles. The third kappa shape index (κ3) is 5.43. The number of aliphatic carboxylic acids is 1. The minimum absolute atomic E-state index is 0.0573. The fourth-order valence-corrected chi connectivity index (χ4v) is 2.54. The van der Waals surface area contributed by atoms with Crippen LogP contribution in [0.3, 0.4) is 0 Å². The first-order valence-corrected chi connectivity index (χ1v) is 7.97. The summed E-state index contributed by atoms with van der Waals surface area (Å²) < 4.78 is 0. The maximum Gasteiger partial charge on any atom is 0.317 e. The van der Waals surface area contributed by atoms with Crippen LogP contribution in [0.1, 0.15) is 31.2 Å². The monoisotopic (exact) mass is 320 g/mol. The number of carbonyl (C=O) groups is 2. The molecular formula is C16H24N4O3. The van der Waals surface area contributed by atoms with E-state index in [4.69, 9.17) is 5.11 Å². The van der Waals surface area contributed by atoms with Crippen LogP contribution in [-0.2, 0) is 11.3 Å². The lowest BCUT2D eigenvalue weighted by atomic mass is 10.1. The number of pyridine rings is 1. The lowest BCUT2D eigenvalue weighted by Gasteiger charge is -2.28. The minimum atomic E-state index is -0.912. The Morgan fingerprint density at radius 1 is 1.35 bits per heavy atom. The van der Waals surface area contributed by atoms with Gasteiger partial charge in [0.05, 0.1) is 6.42 Å². The molecule has 1 aromatic heterocycles. The summed E-state index contributed by atoms with van der Waals surface area (Å²) in [5.74, 6) is 0.0423. The molecule has 2 N–H and O–H groups in total. The van der Waals surface area contributed by atoms with E-state index in [9.17, 15) is 9.59 Å². The molecule has 0 radical (unpaired) electrons. The third-order valence-corrected chi connectivity index (χ3v) is 3.94. The summed E-state index contributed by atoms with van der Waals surface area (Å²) in [6.45, 7) is 2.65. The highest BCUT2D eigenvalue weighted by atomic mass is 16.4. The number of carboxylic acids is 1. The number of rotatable bonds is 6. The number of hydrogen-bond donors (Lipinski definition) is 2. The van der Waals surface area contributed by atoms with Gasteiger partial charge in [0.15, 0.2) is 0 Å². The van der Waals surface area contributed by atoms with Crippen molar-refractivity contribution in [3.05, 3.63) is 23.9 Å². The summed E-state index contributed by atoms with van der Waals surface area (Å²) in [4.78, 5) is 30.5. The highest BCUT2D eigenvalue weighted by Crippen LogP contribution is 2.18. The van der Waals surface area contributed by atoms with Crippen molar-refractivity contribution in [2.75, 3.05) is 31.6 Å². The van der Waals surface area contributed by atoms with Crippen molar-refractivity contribution in [2.45, 2.75) is 32.2 Å². The Morgan fingerprint density at radius 3 is 2.78 bits per heavy atom. The van der Waals surface area contributed by atoms with Gasteiger partial charge in [-0.1, -0.05) is 0 Å². The lowest BCUT2D eigenvalue weighted by Crippen LogP contribution is -2.38. The first-order chi connectivity index (χ1) is 11.1. The van der Waals surface area contributed by atoms with Crippen LogP contribution < -0.4 is 10.2 Å². The summed E-state index contributed by atoms with van der Waals surface area (Å²) in [5.41, 5.74) is 0.987. The zero-order valence-electron chi connectivity index (χ0n) is 13.5. The molecule has 1 aliphatic heterocycles. The van der Waals surface area contributed by atoms with Crippen LogP contribution in [0.2, 0.25) is 0 Å². The van der Waals surface area contributed by atoms with Crippen molar-refractivity contribution in [1.29, 1.82) is 0 Å². The van der Waals surface area contributed by atoms with Gasteiger partial charge in [0.1, 0.15) is 5.82 Å². The van der Waals surface area contributed by atoms with Gasteiger partial charge in [-0.3, -0.25) is 4.79 Å². The number of aromatic nitrogens is 1. The molecular weight excluding hydrogens is 296 g/mol. The first-order valence-electron chi connectivity index (χ1n) is 7.97. The molecule has 0 bridgehead atoms. The normalized spacial score (nSPS) is 14.4. The maximum atomic E-state index is 11.9. The lowest BCUT2D eigenvalue weighted by molar-refractivity contribution is -0.137. The number of anilines is 1. The quantitative estimate of drug-likeness (QED) is 0.833. The number of amides is 2. The minimum Gasteiger partial charge on any atom is -0.481 e. The van der Waals surface area contributed by atoms with Crippen molar-refractivity contribution >= 4 is 17.8 Å². The van der Waals surface area contributed by atoms with Crippen molar-refractivity contribution < 1.29 is 14.7 Å². The van der Waals surface area contributed by atoms with Crippen LogP contribution in [0, 0.1) is 0 Å². The number of piperidine rings is 1. The van der Waals surface area contributed by atoms with Crippen molar-refractivity contribution in [3.8, 4) is 0 Å². The van der Waals surface area contributed by atoms with E-state index in [0.717, 1.165) is 24.5 Å². The number of hydrogen-bond acceptors (Lipinski definition) is 4. The van der Waals surface area contributed by atoms with Gasteiger partial charge < -0.3 is 20.2 Å². The van der Waals surface area contributed by atoms with E-state index in [1.165, 1.54) is 24.2 Å². The molecule has 0 aromatic carbocycles. The van der Waals surface area contributed by atoms with E-state index in [-0.39, 0.29) is 19.0 Å². The molecule has 0 unspecified atom stereocenters. The van der Waals surface area contributed by atoms with Gasteiger partial charge in [-0.15, -0.1) is 0 Å². The smallest absolute Gasteiger partial charge is 0.317 e. The maximum absolute atomic E-state index is 11.9. The largest absolute Gasteiger partial charge is 0.481 e. The Kier molecular flexibility index (Phi) is 6.19. The second-order valence-electron chi connectivity index (χ2n) is 5.79. The number of carboxylic acid groups (broad SMARTS) is 1. The van der Waals surface area contributed by atoms with Gasteiger partial charge in [0.2, 0.25) is 0 Å². The first kappa shape index (κ1) is 17.1. The molecule has 1 aliphatic rings. The number of carbonyl (C=O) groups excluding carboxylic acids is 1. The summed E-state index contributed by atoms with van der Waals surface area (Å²) in [5, 5.41) is 11.4. The second-order valence-corrected chi connectivity index (χ2v) is 5.79. The molecule has 2 rings (SSSR count). The van der Waals surface area contributed by atoms with E-state index >= 15 is 0 Å². The SMILES string of the molecule is CN(CCC(=O)O)C(=O)NCc1ccnc(N2CCCCC2)c1. The van der Waals surface area contributed by atoms with E-state index < -0.39 is 5.97 Å². The molecule has 23 heavy (non-hydrogen) atoms. The number of nitrogens with one attached hydrogen (secondary N) is 1. The average molecular weight is 320 g/mol. The fourth-order valence-electron chi connectivity index (χ4n) is 2.54. The van der Waals surface area contributed by atoms with Gasteiger partial charge in [0.25, 0.3) is 0 Å². The molecule has 7 nitrogen and oxygen atoms in total.